The molecule has 18 heavy (non-hydrogen) atoms. The van der Waals surface area contributed by atoms with Gasteiger partial charge in [0.05, 0.1) is 6.61 Å². The maximum Gasteiger partial charge on any atom is 0.344 e. The van der Waals surface area contributed by atoms with Gasteiger partial charge < -0.3 is 14.2 Å². The Kier molecular flexibility index (Phi) is 5.01. The van der Waals surface area contributed by atoms with Crippen LogP contribution in [0.3, 0.4) is 0 Å². The molecule has 0 aliphatic carbocycles. The van der Waals surface area contributed by atoms with E-state index in [1.165, 1.54) is 0 Å². The summed E-state index contributed by atoms with van der Waals surface area (Å²) in [4.78, 5) is 11.5. The maximum atomic E-state index is 11.5. The Morgan fingerprint density at radius 3 is 2.17 bits per heavy atom. The monoisotopic (exact) mass is 252 g/mol. The largest absolute Gasteiger partial charge is 0.490 e. The minimum absolute atomic E-state index is 0.124. The molecule has 0 saturated heterocycles. The van der Waals surface area contributed by atoms with E-state index in [4.69, 9.17) is 14.2 Å². The van der Waals surface area contributed by atoms with E-state index in [1.807, 2.05) is 39.8 Å². The number of para-hydroxylation sites is 2. The molecule has 0 saturated carbocycles. The second kappa shape index (κ2) is 6.28. The fourth-order valence-electron chi connectivity index (χ4n) is 1.35. The molecule has 0 amide bonds. The summed E-state index contributed by atoms with van der Waals surface area (Å²) in [7, 11) is 0. The molecule has 0 N–H and O–H groups in total. The van der Waals surface area contributed by atoms with E-state index >= 15 is 0 Å². The average molecular weight is 252 g/mol. The smallest absolute Gasteiger partial charge is 0.344 e. The predicted octanol–water partition coefficient (Wildman–Crippen LogP) is 2.81. The van der Waals surface area contributed by atoms with Gasteiger partial charge in [-0.3, -0.25) is 0 Å². The third kappa shape index (κ3) is 5.08. The van der Waals surface area contributed by atoms with Crippen molar-refractivity contribution in [1.82, 2.24) is 0 Å². The second-order valence-corrected chi connectivity index (χ2v) is 4.75. The zero-order valence-electron chi connectivity index (χ0n) is 11.4. The summed E-state index contributed by atoms with van der Waals surface area (Å²) < 4.78 is 15.9. The molecule has 0 radical (unpaired) electrons. The summed E-state index contributed by atoms with van der Waals surface area (Å²) in [5.74, 6) is 0.780. The summed E-state index contributed by atoms with van der Waals surface area (Å²) in [6, 6.07) is 7.24. The molecule has 0 aliphatic rings. The predicted molar refractivity (Wildman–Crippen MR) is 69.0 cm³/mol. The molecular weight excluding hydrogens is 232 g/mol. The lowest BCUT2D eigenvalue weighted by Crippen LogP contribution is -2.27. The van der Waals surface area contributed by atoms with E-state index in [9.17, 15) is 4.79 Å². The summed E-state index contributed by atoms with van der Waals surface area (Å²) in [6.07, 6.45) is 0. The van der Waals surface area contributed by atoms with Crippen molar-refractivity contribution >= 4 is 5.97 Å². The van der Waals surface area contributed by atoms with Crippen LogP contribution in [0.15, 0.2) is 24.3 Å². The molecule has 100 valence electrons. The van der Waals surface area contributed by atoms with Crippen molar-refractivity contribution in [3.8, 4) is 11.5 Å². The molecular formula is C14H20O4. The van der Waals surface area contributed by atoms with Gasteiger partial charge in [0.1, 0.15) is 5.60 Å². The van der Waals surface area contributed by atoms with Crippen molar-refractivity contribution in [1.29, 1.82) is 0 Å². The second-order valence-electron chi connectivity index (χ2n) is 4.75. The number of hydrogen-bond acceptors (Lipinski definition) is 4. The zero-order valence-corrected chi connectivity index (χ0v) is 11.4. The lowest BCUT2D eigenvalue weighted by atomic mass is 10.2. The topological polar surface area (TPSA) is 44.8 Å². The van der Waals surface area contributed by atoms with Gasteiger partial charge in [0.25, 0.3) is 0 Å². The molecule has 0 spiro atoms. The SMILES string of the molecule is CCOc1ccccc1OCC(=O)OC(C)(C)C. The van der Waals surface area contributed by atoms with Crippen LogP contribution < -0.4 is 9.47 Å². The van der Waals surface area contributed by atoms with E-state index in [0.717, 1.165) is 0 Å². The number of esters is 1. The van der Waals surface area contributed by atoms with Gasteiger partial charge in [0.15, 0.2) is 18.1 Å². The van der Waals surface area contributed by atoms with E-state index < -0.39 is 11.6 Å². The van der Waals surface area contributed by atoms with E-state index in [2.05, 4.69) is 0 Å². The Balaban J connectivity index is 2.55. The van der Waals surface area contributed by atoms with Gasteiger partial charge in [0.2, 0.25) is 0 Å². The number of carbonyl (C=O) groups is 1. The number of rotatable bonds is 5. The van der Waals surface area contributed by atoms with Crippen molar-refractivity contribution in [3.63, 3.8) is 0 Å². The minimum atomic E-state index is -0.500. The van der Waals surface area contributed by atoms with Gasteiger partial charge in [-0.15, -0.1) is 0 Å². The molecule has 4 heteroatoms. The Morgan fingerprint density at radius 1 is 1.11 bits per heavy atom. The summed E-state index contributed by atoms with van der Waals surface area (Å²) in [5, 5.41) is 0. The van der Waals surface area contributed by atoms with Crippen LogP contribution in [-0.2, 0) is 9.53 Å². The Hall–Kier alpha value is -1.71. The van der Waals surface area contributed by atoms with E-state index in [-0.39, 0.29) is 6.61 Å². The highest BCUT2D eigenvalue weighted by Gasteiger charge is 2.17. The standard InChI is InChI=1S/C14H20O4/c1-5-16-11-8-6-7-9-12(11)17-10-13(15)18-14(2,3)4/h6-9H,5,10H2,1-4H3. The fraction of sp³-hybridized carbons (Fsp3) is 0.500. The van der Waals surface area contributed by atoms with Crippen LogP contribution in [0, 0.1) is 0 Å². The molecule has 1 aromatic rings. The van der Waals surface area contributed by atoms with Crippen LogP contribution in [0.2, 0.25) is 0 Å². The van der Waals surface area contributed by atoms with Crippen molar-refractivity contribution in [2.75, 3.05) is 13.2 Å². The number of ether oxygens (including phenoxy) is 3. The van der Waals surface area contributed by atoms with Crippen molar-refractivity contribution in [2.45, 2.75) is 33.3 Å². The normalized spacial score (nSPS) is 10.9. The van der Waals surface area contributed by atoms with Crippen LogP contribution in [0.5, 0.6) is 11.5 Å². The van der Waals surface area contributed by atoms with Gasteiger partial charge in [-0.05, 0) is 39.8 Å². The summed E-state index contributed by atoms with van der Waals surface area (Å²) in [5.41, 5.74) is -0.500. The van der Waals surface area contributed by atoms with E-state index in [0.29, 0.717) is 18.1 Å². The van der Waals surface area contributed by atoms with Crippen molar-refractivity contribution in [2.24, 2.45) is 0 Å². The fourth-order valence-corrected chi connectivity index (χ4v) is 1.35. The van der Waals surface area contributed by atoms with Crippen LogP contribution >= 0.6 is 0 Å². The van der Waals surface area contributed by atoms with Crippen molar-refractivity contribution in [3.05, 3.63) is 24.3 Å². The number of hydrogen-bond donors (Lipinski definition) is 0. The molecule has 0 atom stereocenters. The molecule has 0 heterocycles. The first kappa shape index (κ1) is 14.4. The Morgan fingerprint density at radius 2 is 1.67 bits per heavy atom. The minimum Gasteiger partial charge on any atom is -0.490 e. The van der Waals surface area contributed by atoms with Crippen LogP contribution in [0.25, 0.3) is 0 Å². The van der Waals surface area contributed by atoms with Crippen molar-refractivity contribution < 1.29 is 19.0 Å². The lowest BCUT2D eigenvalue weighted by Gasteiger charge is -2.19. The quantitative estimate of drug-likeness (QED) is 0.756. The molecule has 0 bridgehead atoms. The number of benzene rings is 1. The first-order valence-electron chi connectivity index (χ1n) is 5.99. The van der Waals surface area contributed by atoms with E-state index in [1.54, 1.807) is 12.1 Å². The first-order chi connectivity index (χ1) is 8.42. The molecule has 1 aromatic carbocycles. The van der Waals surface area contributed by atoms with Crippen LogP contribution in [0.1, 0.15) is 27.7 Å². The molecule has 1 rings (SSSR count). The highest BCUT2D eigenvalue weighted by atomic mass is 16.6. The third-order valence-electron chi connectivity index (χ3n) is 1.91. The molecule has 0 aliphatic heterocycles. The van der Waals surface area contributed by atoms with Gasteiger partial charge in [-0.1, -0.05) is 12.1 Å². The highest BCUT2D eigenvalue weighted by Crippen LogP contribution is 2.26. The summed E-state index contributed by atoms with van der Waals surface area (Å²) >= 11 is 0. The van der Waals surface area contributed by atoms with Gasteiger partial charge >= 0.3 is 5.97 Å². The molecule has 0 aromatic heterocycles. The Bertz CT molecular complexity index is 393. The lowest BCUT2D eigenvalue weighted by molar-refractivity contribution is -0.157. The number of carbonyl (C=O) groups excluding carboxylic acids is 1. The van der Waals surface area contributed by atoms with Gasteiger partial charge in [-0.25, -0.2) is 4.79 Å². The molecule has 4 nitrogen and oxygen atoms in total. The average Bonchev–Trinajstić information content (AvgIpc) is 2.26. The first-order valence-corrected chi connectivity index (χ1v) is 5.99. The maximum absolute atomic E-state index is 11.5. The van der Waals surface area contributed by atoms with Crippen LogP contribution in [-0.4, -0.2) is 24.8 Å². The summed E-state index contributed by atoms with van der Waals surface area (Å²) in [6.45, 7) is 7.77. The Labute approximate surface area is 108 Å². The molecule has 0 fully saturated rings. The third-order valence-corrected chi connectivity index (χ3v) is 1.91. The van der Waals surface area contributed by atoms with Crippen LogP contribution in [0.4, 0.5) is 0 Å². The molecule has 0 unspecified atom stereocenters. The zero-order chi connectivity index (χ0) is 13.6. The van der Waals surface area contributed by atoms with Gasteiger partial charge in [-0.2, -0.15) is 0 Å². The van der Waals surface area contributed by atoms with Gasteiger partial charge in [0, 0.05) is 0 Å². The highest BCUT2D eigenvalue weighted by molar-refractivity contribution is 5.71.